The molecular weight excluding hydrogens is 217 g/mol. The molecule has 1 nitrogen and oxygen atoms in total. The van der Waals surface area contributed by atoms with Crippen LogP contribution in [0.5, 0.6) is 0 Å². The van der Waals surface area contributed by atoms with Gasteiger partial charge in [0.1, 0.15) is 5.60 Å². The van der Waals surface area contributed by atoms with E-state index in [1.54, 1.807) is 19.1 Å². The van der Waals surface area contributed by atoms with Gasteiger partial charge in [-0.15, -0.1) is 0 Å². The molecule has 0 aromatic heterocycles. The molecule has 0 bridgehead atoms. The van der Waals surface area contributed by atoms with Gasteiger partial charge in [-0.3, -0.25) is 0 Å². The zero-order valence-electron chi connectivity index (χ0n) is 8.71. The molecular formula is C12H11F3O. The van der Waals surface area contributed by atoms with Crippen LogP contribution in [0, 0.1) is 0 Å². The SMILES string of the molecule is CC1(c2ccccc2C(F)(F)F)CC=CO1. The third kappa shape index (κ3) is 1.79. The van der Waals surface area contributed by atoms with Crippen LogP contribution in [0.25, 0.3) is 0 Å². The fourth-order valence-corrected chi connectivity index (χ4v) is 1.88. The minimum absolute atomic E-state index is 0.188. The molecule has 4 heteroatoms. The molecule has 0 fully saturated rings. The molecule has 0 N–H and O–H groups in total. The van der Waals surface area contributed by atoms with Crippen molar-refractivity contribution in [1.82, 2.24) is 0 Å². The maximum absolute atomic E-state index is 12.8. The van der Waals surface area contributed by atoms with Crippen molar-refractivity contribution >= 4 is 0 Å². The van der Waals surface area contributed by atoms with Gasteiger partial charge in [0, 0.05) is 12.0 Å². The van der Waals surface area contributed by atoms with Crippen LogP contribution in [0.4, 0.5) is 13.2 Å². The van der Waals surface area contributed by atoms with Crippen molar-refractivity contribution in [2.45, 2.75) is 25.1 Å². The number of benzene rings is 1. The smallest absolute Gasteiger partial charge is 0.416 e. The van der Waals surface area contributed by atoms with E-state index in [0.29, 0.717) is 6.42 Å². The van der Waals surface area contributed by atoms with E-state index in [1.807, 2.05) is 0 Å². The second-order valence-electron chi connectivity index (χ2n) is 3.97. The number of halogens is 3. The molecule has 86 valence electrons. The van der Waals surface area contributed by atoms with E-state index in [4.69, 9.17) is 4.74 Å². The molecule has 0 amide bonds. The molecule has 1 aromatic carbocycles. The first kappa shape index (κ1) is 11.0. The van der Waals surface area contributed by atoms with Crippen LogP contribution in [0.3, 0.4) is 0 Å². The quantitative estimate of drug-likeness (QED) is 0.709. The van der Waals surface area contributed by atoms with E-state index in [0.717, 1.165) is 6.07 Å². The van der Waals surface area contributed by atoms with E-state index in [2.05, 4.69) is 0 Å². The van der Waals surface area contributed by atoms with Crippen molar-refractivity contribution in [2.75, 3.05) is 0 Å². The molecule has 0 spiro atoms. The van der Waals surface area contributed by atoms with Gasteiger partial charge in [0.05, 0.1) is 11.8 Å². The number of rotatable bonds is 1. The van der Waals surface area contributed by atoms with Crippen LogP contribution in [0.15, 0.2) is 36.6 Å². The highest BCUT2D eigenvalue weighted by atomic mass is 19.4. The van der Waals surface area contributed by atoms with Gasteiger partial charge >= 0.3 is 6.18 Å². The summed E-state index contributed by atoms with van der Waals surface area (Å²) in [5, 5.41) is 0. The summed E-state index contributed by atoms with van der Waals surface area (Å²) in [6, 6.07) is 5.54. The van der Waals surface area contributed by atoms with Gasteiger partial charge in [-0.25, -0.2) is 0 Å². The lowest BCUT2D eigenvalue weighted by Gasteiger charge is -2.27. The Bertz CT molecular complexity index is 413. The normalized spacial score (nSPS) is 24.5. The Kier molecular flexibility index (Phi) is 2.45. The van der Waals surface area contributed by atoms with Crippen LogP contribution in [0.2, 0.25) is 0 Å². The summed E-state index contributed by atoms with van der Waals surface area (Å²) in [5.41, 5.74) is -1.33. The topological polar surface area (TPSA) is 9.23 Å². The Balaban J connectivity index is 2.49. The zero-order valence-corrected chi connectivity index (χ0v) is 8.71. The summed E-state index contributed by atoms with van der Waals surface area (Å²) in [7, 11) is 0. The standard InChI is InChI=1S/C12H11F3O/c1-11(7-4-8-16-11)9-5-2-3-6-10(9)12(13,14)15/h2-6,8H,7H2,1H3. The molecule has 1 aliphatic heterocycles. The highest BCUT2D eigenvalue weighted by molar-refractivity contribution is 5.35. The van der Waals surface area contributed by atoms with E-state index in [1.165, 1.54) is 18.4 Å². The first-order valence-electron chi connectivity index (χ1n) is 4.93. The Morgan fingerprint density at radius 1 is 1.25 bits per heavy atom. The monoisotopic (exact) mass is 228 g/mol. The lowest BCUT2D eigenvalue weighted by Crippen LogP contribution is -2.24. The van der Waals surface area contributed by atoms with Crippen LogP contribution in [-0.2, 0) is 16.5 Å². The molecule has 1 unspecified atom stereocenters. The summed E-state index contributed by atoms with van der Waals surface area (Å²) < 4.78 is 43.7. The lowest BCUT2D eigenvalue weighted by molar-refractivity contribution is -0.140. The van der Waals surface area contributed by atoms with Crippen molar-refractivity contribution in [3.63, 3.8) is 0 Å². The summed E-state index contributed by atoms with van der Waals surface area (Å²) >= 11 is 0. The van der Waals surface area contributed by atoms with Crippen molar-refractivity contribution in [3.05, 3.63) is 47.7 Å². The Morgan fingerprint density at radius 2 is 1.94 bits per heavy atom. The predicted octanol–water partition coefficient (Wildman–Crippen LogP) is 3.85. The van der Waals surface area contributed by atoms with Crippen molar-refractivity contribution < 1.29 is 17.9 Å². The van der Waals surface area contributed by atoms with E-state index in [-0.39, 0.29) is 5.56 Å². The molecule has 1 atom stereocenters. The van der Waals surface area contributed by atoms with Crippen molar-refractivity contribution in [3.8, 4) is 0 Å². The summed E-state index contributed by atoms with van der Waals surface area (Å²) in [6.45, 7) is 1.66. The Hall–Kier alpha value is -1.45. The lowest BCUT2D eigenvalue weighted by atomic mass is 9.89. The van der Waals surface area contributed by atoms with E-state index >= 15 is 0 Å². The minimum Gasteiger partial charge on any atom is -0.490 e. The van der Waals surface area contributed by atoms with Crippen LogP contribution >= 0.6 is 0 Å². The van der Waals surface area contributed by atoms with Crippen LogP contribution in [0.1, 0.15) is 24.5 Å². The molecule has 1 aromatic rings. The van der Waals surface area contributed by atoms with Gasteiger partial charge in [-0.1, -0.05) is 18.2 Å². The summed E-state index contributed by atoms with van der Waals surface area (Å²) in [6.07, 6.45) is -0.702. The minimum atomic E-state index is -4.34. The highest BCUT2D eigenvalue weighted by Crippen LogP contribution is 2.41. The number of alkyl halides is 3. The second kappa shape index (κ2) is 3.54. The van der Waals surface area contributed by atoms with Crippen LogP contribution < -0.4 is 0 Å². The summed E-state index contributed by atoms with van der Waals surface area (Å²) in [5.74, 6) is 0. The molecule has 1 heterocycles. The van der Waals surface area contributed by atoms with Gasteiger partial charge in [0.25, 0.3) is 0 Å². The van der Waals surface area contributed by atoms with Gasteiger partial charge < -0.3 is 4.74 Å². The van der Waals surface area contributed by atoms with E-state index in [9.17, 15) is 13.2 Å². The van der Waals surface area contributed by atoms with Gasteiger partial charge in [-0.2, -0.15) is 13.2 Å². The predicted molar refractivity (Wildman–Crippen MR) is 53.6 cm³/mol. The van der Waals surface area contributed by atoms with Crippen molar-refractivity contribution in [1.29, 1.82) is 0 Å². The fourth-order valence-electron chi connectivity index (χ4n) is 1.88. The highest BCUT2D eigenvalue weighted by Gasteiger charge is 2.40. The maximum atomic E-state index is 12.8. The third-order valence-corrected chi connectivity index (χ3v) is 2.73. The first-order valence-corrected chi connectivity index (χ1v) is 4.93. The number of hydrogen-bond donors (Lipinski definition) is 0. The molecule has 1 aliphatic rings. The number of hydrogen-bond acceptors (Lipinski definition) is 1. The second-order valence-corrected chi connectivity index (χ2v) is 3.97. The zero-order chi connectivity index (χ0) is 11.8. The van der Waals surface area contributed by atoms with Crippen molar-refractivity contribution in [2.24, 2.45) is 0 Å². The molecule has 16 heavy (non-hydrogen) atoms. The van der Waals surface area contributed by atoms with E-state index < -0.39 is 17.3 Å². The Morgan fingerprint density at radius 3 is 2.50 bits per heavy atom. The van der Waals surface area contributed by atoms with Gasteiger partial charge in [0.15, 0.2) is 0 Å². The Labute approximate surface area is 91.5 Å². The largest absolute Gasteiger partial charge is 0.490 e. The van der Waals surface area contributed by atoms with Gasteiger partial charge in [-0.05, 0) is 19.1 Å². The first-order chi connectivity index (χ1) is 7.43. The molecule has 0 radical (unpaired) electrons. The maximum Gasteiger partial charge on any atom is 0.416 e. The van der Waals surface area contributed by atoms with Gasteiger partial charge in [0.2, 0.25) is 0 Å². The summed E-state index contributed by atoms with van der Waals surface area (Å²) in [4.78, 5) is 0. The van der Waals surface area contributed by atoms with Crippen LogP contribution in [-0.4, -0.2) is 0 Å². The third-order valence-electron chi connectivity index (χ3n) is 2.73. The average Bonchev–Trinajstić information content (AvgIpc) is 2.65. The molecule has 0 saturated carbocycles. The average molecular weight is 228 g/mol. The molecule has 0 aliphatic carbocycles. The fraction of sp³-hybridized carbons (Fsp3) is 0.333. The number of ether oxygens (including phenoxy) is 1. The molecule has 0 saturated heterocycles. The molecule has 2 rings (SSSR count).